The highest BCUT2D eigenvalue weighted by molar-refractivity contribution is 9.10. The molecule has 0 radical (unpaired) electrons. The van der Waals surface area contributed by atoms with Gasteiger partial charge in [-0.15, -0.1) is 0 Å². The minimum Gasteiger partial charge on any atom is -0.353 e. The Hall–Kier alpha value is -0.610. The van der Waals surface area contributed by atoms with Crippen LogP contribution in [0.15, 0.2) is 22.8 Å². The van der Waals surface area contributed by atoms with E-state index in [0.29, 0.717) is 0 Å². The number of nitrogens with one attached hydrogen (secondary N) is 1. The number of aromatic nitrogens is 1. The van der Waals surface area contributed by atoms with Crippen LogP contribution in [-0.4, -0.2) is 30.7 Å². The zero-order valence-corrected chi connectivity index (χ0v) is 12.2. The molecule has 1 atom stereocenters. The van der Waals surface area contributed by atoms with Gasteiger partial charge in [-0.25, -0.2) is 4.98 Å². The molecule has 3 rings (SSSR count). The predicted molar refractivity (Wildman–Crippen MR) is 77.9 cm³/mol. The first-order valence-corrected chi connectivity index (χ1v) is 7.71. The summed E-state index contributed by atoms with van der Waals surface area (Å²) in [5.74, 6) is 1.93. The van der Waals surface area contributed by atoms with Crippen LogP contribution < -0.4 is 10.2 Å². The Bertz CT molecular complexity index is 383. The summed E-state index contributed by atoms with van der Waals surface area (Å²) in [5.41, 5.74) is 0. The van der Waals surface area contributed by atoms with Crippen LogP contribution in [0, 0.1) is 5.92 Å². The Labute approximate surface area is 117 Å². The summed E-state index contributed by atoms with van der Waals surface area (Å²) in [5, 5.41) is 3.51. The first kappa shape index (κ1) is 12.4. The smallest absolute Gasteiger partial charge is 0.128 e. The molecule has 0 bridgehead atoms. The lowest BCUT2D eigenvalue weighted by molar-refractivity contribution is 0.375. The molecule has 2 aliphatic rings. The average molecular weight is 310 g/mol. The Morgan fingerprint density at radius 3 is 2.83 bits per heavy atom. The molecule has 1 aliphatic carbocycles. The van der Waals surface area contributed by atoms with E-state index >= 15 is 0 Å². The maximum Gasteiger partial charge on any atom is 0.128 e. The molecule has 2 fully saturated rings. The van der Waals surface area contributed by atoms with E-state index in [1.807, 2.05) is 6.20 Å². The lowest BCUT2D eigenvalue weighted by Gasteiger charge is -2.31. The fourth-order valence-corrected chi connectivity index (χ4v) is 2.95. The highest BCUT2D eigenvalue weighted by atomic mass is 79.9. The van der Waals surface area contributed by atoms with E-state index in [0.717, 1.165) is 28.8 Å². The molecule has 0 aromatic carbocycles. The van der Waals surface area contributed by atoms with Crippen LogP contribution in [-0.2, 0) is 0 Å². The van der Waals surface area contributed by atoms with Crippen molar-refractivity contribution in [1.29, 1.82) is 0 Å². The Kier molecular flexibility index (Phi) is 3.85. The summed E-state index contributed by atoms with van der Waals surface area (Å²) in [6.45, 7) is 3.52. The van der Waals surface area contributed by atoms with Crippen molar-refractivity contribution in [2.45, 2.75) is 31.7 Å². The Morgan fingerprint density at radius 1 is 1.33 bits per heavy atom. The summed E-state index contributed by atoms with van der Waals surface area (Å²) in [4.78, 5) is 7.08. The number of hydrogen-bond acceptors (Lipinski definition) is 3. The molecule has 1 N–H and O–H groups in total. The molecule has 0 amide bonds. The van der Waals surface area contributed by atoms with E-state index in [-0.39, 0.29) is 0 Å². The first-order chi connectivity index (χ1) is 8.83. The summed E-state index contributed by atoms with van der Waals surface area (Å²) in [6, 6.07) is 4.97. The molecular weight excluding hydrogens is 290 g/mol. The first-order valence-electron chi connectivity index (χ1n) is 6.92. The number of anilines is 1. The highest BCUT2D eigenvalue weighted by Crippen LogP contribution is 2.32. The van der Waals surface area contributed by atoms with E-state index in [1.165, 1.54) is 38.8 Å². The van der Waals surface area contributed by atoms with Crippen LogP contribution in [0.4, 0.5) is 5.82 Å². The van der Waals surface area contributed by atoms with Crippen molar-refractivity contribution in [3.05, 3.63) is 22.8 Å². The lowest BCUT2D eigenvalue weighted by Crippen LogP contribution is -2.39. The quantitative estimate of drug-likeness (QED) is 0.927. The largest absolute Gasteiger partial charge is 0.353 e. The molecule has 98 valence electrons. The predicted octanol–water partition coefficient (Wildman–Crippen LogP) is 2.81. The fraction of sp³-hybridized carbons (Fsp3) is 0.643. The van der Waals surface area contributed by atoms with Crippen LogP contribution in [0.3, 0.4) is 0 Å². The molecule has 1 aromatic heterocycles. The number of rotatable bonds is 4. The van der Waals surface area contributed by atoms with Gasteiger partial charge < -0.3 is 10.2 Å². The molecule has 0 spiro atoms. The number of halogens is 1. The van der Waals surface area contributed by atoms with Gasteiger partial charge in [-0.1, -0.05) is 0 Å². The van der Waals surface area contributed by atoms with Gasteiger partial charge in [0.1, 0.15) is 5.82 Å². The van der Waals surface area contributed by atoms with Crippen molar-refractivity contribution in [3.8, 4) is 0 Å². The third-order valence-corrected chi connectivity index (χ3v) is 4.32. The second kappa shape index (κ2) is 5.57. The molecule has 1 saturated carbocycles. The van der Waals surface area contributed by atoms with Crippen LogP contribution in [0.1, 0.15) is 25.7 Å². The maximum absolute atomic E-state index is 4.56. The number of hydrogen-bond donors (Lipinski definition) is 1. The topological polar surface area (TPSA) is 28.2 Å². The van der Waals surface area contributed by atoms with E-state index in [4.69, 9.17) is 0 Å². The molecule has 4 heteroatoms. The lowest BCUT2D eigenvalue weighted by atomic mass is 9.99. The fourth-order valence-electron chi connectivity index (χ4n) is 2.71. The van der Waals surface area contributed by atoms with Crippen molar-refractivity contribution in [3.63, 3.8) is 0 Å². The van der Waals surface area contributed by atoms with E-state index < -0.39 is 0 Å². The van der Waals surface area contributed by atoms with E-state index in [2.05, 4.69) is 43.3 Å². The zero-order valence-electron chi connectivity index (χ0n) is 10.6. The van der Waals surface area contributed by atoms with Gasteiger partial charge in [0.2, 0.25) is 0 Å². The van der Waals surface area contributed by atoms with Gasteiger partial charge in [0.15, 0.2) is 0 Å². The van der Waals surface area contributed by atoms with Gasteiger partial charge in [0.05, 0.1) is 0 Å². The van der Waals surface area contributed by atoms with Crippen molar-refractivity contribution in [2.24, 2.45) is 5.92 Å². The minimum absolute atomic E-state index is 0.737. The van der Waals surface area contributed by atoms with Crippen LogP contribution >= 0.6 is 15.9 Å². The summed E-state index contributed by atoms with van der Waals surface area (Å²) >= 11 is 3.45. The Balaban J connectivity index is 1.69. The standard InChI is InChI=1S/C14H20BrN3/c15-12-3-6-14(17-9-12)18(13-4-5-13)10-11-2-1-7-16-8-11/h3,6,9,11,13,16H,1-2,4-5,7-8,10H2. The van der Waals surface area contributed by atoms with Crippen LogP contribution in [0.25, 0.3) is 0 Å². The van der Waals surface area contributed by atoms with Gasteiger partial charge in [-0.3, -0.25) is 0 Å². The van der Waals surface area contributed by atoms with Crippen LogP contribution in [0.5, 0.6) is 0 Å². The second-order valence-electron chi connectivity index (χ2n) is 5.43. The summed E-state index contributed by atoms with van der Waals surface area (Å²) < 4.78 is 1.06. The molecule has 18 heavy (non-hydrogen) atoms. The number of nitrogens with zero attached hydrogens (tertiary/aromatic N) is 2. The molecule has 3 nitrogen and oxygen atoms in total. The van der Waals surface area contributed by atoms with E-state index in [1.54, 1.807) is 0 Å². The van der Waals surface area contributed by atoms with Gasteiger partial charge in [-0.05, 0) is 72.8 Å². The third kappa shape index (κ3) is 3.04. The van der Waals surface area contributed by atoms with Gasteiger partial charge in [0, 0.05) is 23.3 Å². The van der Waals surface area contributed by atoms with Crippen molar-refractivity contribution < 1.29 is 0 Å². The molecule has 1 saturated heterocycles. The average Bonchev–Trinajstić information content (AvgIpc) is 3.23. The molecule has 2 heterocycles. The van der Waals surface area contributed by atoms with Gasteiger partial charge in [-0.2, -0.15) is 0 Å². The van der Waals surface area contributed by atoms with Crippen molar-refractivity contribution >= 4 is 21.7 Å². The van der Waals surface area contributed by atoms with Crippen LogP contribution in [0.2, 0.25) is 0 Å². The number of pyridine rings is 1. The van der Waals surface area contributed by atoms with Crippen molar-refractivity contribution in [2.75, 3.05) is 24.5 Å². The monoisotopic (exact) mass is 309 g/mol. The van der Waals surface area contributed by atoms with Crippen molar-refractivity contribution in [1.82, 2.24) is 10.3 Å². The highest BCUT2D eigenvalue weighted by Gasteiger charge is 2.31. The number of piperidine rings is 1. The molecule has 1 unspecified atom stereocenters. The molecular formula is C14H20BrN3. The summed E-state index contributed by atoms with van der Waals surface area (Å²) in [7, 11) is 0. The maximum atomic E-state index is 4.56. The second-order valence-corrected chi connectivity index (χ2v) is 6.35. The SMILES string of the molecule is Brc1ccc(N(CC2CCCNC2)C2CC2)nc1. The third-order valence-electron chi connectivity index (χ3n) is 3.85. The van der Waals surface area contributed by atoms with Gasteiger partial charge >= 0.3 is 0 Å². The normalized spacial score (nSPS) is 23.9. The molecule has 1 aromatic rings. The zero-order chi connectivity index (χ0) is 12.4. The molecule has 1 aliphatic heterocycles. The minimum atomic E-state index is 0.737. The van der Waals surface area contributed by atoms with Gasteiger partial charge in [0.25, 0.3) is 0 Å². The summed E-state index contributed by atoms with van der Waals surface area (Å²) in [6.07, 6.45) is 7.24. The van der Waals surface area contributed by atoms with E-state index in [9.17, 15) is 0 Å². The Morgan fingerprint density at radius 2 is 2.22 bits per heavy atom.